The number of aromatic nitrogens is 1. The quantitative estimate of drug-likeness (QED) is 0.721. The van der Waals surface area contributed by atoms with E-state index in [0.717, 1.165) is 5.92 Å². The minimum atomic E-state index is 0.621. The van der Waals surface area contributed by atoms with Gasteiger partial charge >= 0.3 is 0 Å². The van der Waals surface area contributed by atoms with Crippen LogP contribution in [0.25, 0.3) is 10.9 Å². The zero-order valence-electron chi connectivity index (χ0n) is 10.1. The molecule has 0 N–H and O–H groups in total. The molecule has 1 heterocycles. The van der Waals surface area contributed by atoms with Gasteiger partial charge in [-0.3, -0.25) is 0 Å². The summed E-state index contributed by atoms with van der Waals surface area (Å²) in [5.74, 6) is 1.57. The summed E-state index contributed by atoms with van der Waals surface area (Å²) >= 11 is 0. The summed E-state index contributed by atoms with van der Waals surface area (Å²) in [7, 11) is 0. The molecule has 1 aliphatic carbocycles. The lowest BCUT2D eigenvalue weighted by Gasteiger charge is -2.07. The molecule has 1 heteroatoms. The highest BCUT2D eigenvalue weighted by Gasteiger charge is 2.21. The van der Waals surface area contributed by atoms with E-state index in [1.807, 2.05) is 0 Å². The standard InChI is InChI=1S/C15H19N/c1-11(2)13-5-6-15-14(9-13)7-8-16(15)10-12-3-4-12/h5-9,11-12H,3-4,10H2,1-2H3. The third kappa shape index (κ3) is 1.75. The number of rotatable bonds is 3. The van der Waals surface area contributed by atoms with Gasteiger partial charge in [0.05, 0.1) is 0 Å². The molecule has 0 radical (unpaired) electrons. The van der Waals surface area contributed by atoms with Gasteiger partial charge in [0, 0.05) is 18.3 Å². The van der Waals surface area contributed by atoms with Crippen molar-refractivity contribution in [2.24, 2.45) is 5.92 Å². The van der Waals surface area contributed by atoms with E-state index in [9.17, 15) is 0 Å². The number of hydrogen-bond acceptors (Lipinski definition) is 0. The van der Waals surface area contributed by atoms with E-state index in [0.29, 0.717) is 5.92 Å². The molecule has 1 aromatic carbocycles. The molecule has 1 aliphatic rings. The van der Waals surface area contributed by atoms with E-state index in [2.05, 4.69) is 48.9 Å². The Bertz CT molecular complexity index is 503. The molecule has 3 rings (SSSR count). The lowest BCUT2D eigenvalue weighted by Crippen LogP contribution is -1.97. The van der Waals surface area contributed by atoms with Crippen LogP contribution in [0.2, 0.25) is 0 Å². The van der Waals surface area contributed by atoms with Crippen LogP contribution < -0.4 is 0 Å². The van der Waals surface area contributed by atoms with E-state index in [1.54, 1.807) is 0 Å². The highest BCUT2D eigenvalue weighted by molar-refractivity contribution is 5.81. The van der Waals surface area contributed by atoms with E-state index < -0.39 is 0 Å². The first-order chi connectivity index (χ1) is 7.74. The van der Waals surface area contributed by atoms with Crippen molar-refractivity contribution in [2.45, 2.75) is 39.2 Å². The molecule has 0 amide bonds. The van der Waals surface area contributed by atoms with Crippen molar-refractivity contribution in [1.29, 1.82) is 0 Å². The van der Waals surface area contributed by atoms with Crippen molar-refractivity contribution < 1.29 is 0 Å². The first-order valence-electron chi connectivity index (χ1n) is 6.33. The smallest absolute Gasteiger partial charge is 0.0480 e. The van der Waals surface area contributed by atoms with Crippen LogP contribution in [-0.2, 0) is 6.54 Å². The van der Waals surface area contributed by atoms with Crippen LogP contribution in [0, 0.1) is 5.92 Å². The highest BCUT2D eigenvalue weighted by Crippen LogP contribution is 2.32. The normalized spacial score (nSPS) is 16.2. The van der Waals surface area contributed by atoms with Crippen LogP contribution in [0.1, 0.15) is 38.2 Å². The van der Waals surface area contributed by atoms with Gasteiger partial charge in [0.1, 0.15) is 0 Å². The number of nitrogens with zero attached hydrogens (tertiary/aromatic N) is 1. The van der Waals surface area contributed by atoms with Crippen LogP contribution in [0.5, 0.6) is 0 Å². The maximum Gasteiger partial charge on any atom is 0.0480 e. The summed E-state index contributed by atoms with van der Waals surface area (Å²) in [6, 6.07) is 9.15. The number of fused-ring (bicyclic) bond motifs is 1. The maximum absolute atomic E-state index is 2.41. The Hall–Kier alpha value is -1.24. The number of hydrogen-bond donors (Lipinski definition) is 0. The van der Waals surface area contributed by atoms with E-state index in [-0.39, 0.29) is 0 Å². The van der Waals surface area contributed by atoms with Gasteiger partial charge < -0.3 is 4.57 Å². The first-order valence-corrected chi connectivity index (χ1v) is 6.33. The number of benzene rings is 1. The molecule has 0 bridgehead atoms. The second kappa shape index (κ2) is 3.65. The Morgan fingerprint density at radius 1 is 1.25 bits per heavy atom. The minimum Gasteiger partial charge on any atom is -0.347 e. The molecule has 0 spiro atoms. The van der Waals surface area contributed by atoms with Gasteiger partial charge in [-0.1, -0.05) is 19.9 Å². The van der Waals surface area contributed by atoms with Gasteiger partial charge in [-0.05, 0) is 53.8 Å². The van der Waals surface area contributed by atoms with Crippen molar-refractivity contribution in [3.8, 4) is 0 Å². The Labute approximate surface area is 97.1 Å². The van der Waals surface area contributed by atoms with Crippen molar-refractivity contribution >= 4 is 10.9 Å². The van der Waals surface area contributed by atoms with Crippen LogP contribution >= 0.6 is 0 Å². The topological polar surface area (TPSA) is 4.93 Å². The monoisotopic (exact) mass is 213 g/mol. The second-order valence-electron chi connectivity index (χ2n) is 5.38. The zero-order valence-corrected chi connectivity index (χ0v) is 10.1. The zero-order chi connectivity index (χ0) is 11.1. The van der Waals surface area contributed by atoms with Gasteiger partial charge in [-0.25, -0.2) is 0 Å². The molecule has 1 fully saturated rings. The van der Waals surface area contributed by atoms with Gasteiger partial charge in [-0.2, -0.15) is 0 Å². The Kier molecular flexibility index (Phi) is 2.27. The average molecular weight is 213 g/mol. The predicted molar refractivity (Wildman–Crippen MR) is 68.8 cm³/mol. The lowest BCUT2D eigenvalue weighted by molar-refractivity contribution is 0.647. The summed E-state index contributed by atoms with van der Waals surface area (Å²) in [4.78, 5) is 0. The van der Waals surface area contributed by atoms with Crippen LogP contribution in [0.15, 0.2) is 30.5 Å². The summed E-state index contributed by atoms with van der Waals surface area (Å²) in [5, 5.41) is 1.40. The van der Waals surface area contributed by atoms with Crippen molar-refractivity contribution in [1.82, 2.24) is 4.57 Å². The van der Waals surface area contributed by atoms with Crippen LogP contribution in [-0.4, -0.2) is 4.57 Å². The molecular weight excluding hydrogens is 194 g/mol. The fourth-order valence-corrected chi connectivity index (χ4v) is 2.32. The molecule has 84 valence electrons. The molecule has 2 aromatic rings. The SMILES string of the molecule is CC(C)c1ccc2c(ccn2CC2CC2)c1. The third-order valence-electron chi connectivity index (χ3n) is 3.61. The molecule has 0 unspecified atom stereocenters. The second-order valence-corrected chi connectivity index (χ2v) is 5.38. The molecule has 0 saturated heterocycles. The van der Waals surface area contributed by atoms with Gasteiger partial charge in [0.15, 0.2) is 0 Å². The van der Waals surface area contributed by atoms with Crippen LogP contribution in [0.4, 0.5) is 0 Å². The largest absolute Gasteiger partial charge is 0.347 e. The van der Waals surface area contributed by atoms with Gasteiger partial charge in [-0.15, -0.1) is 0 Å². The fraction of sp³-hybridized carbons (Fsp3) is 0.467. The minimum absolute atomic E-state index is 0.621. The molecule has 1 aromatic heterocycles. The summed E-state index contributed by atoms with van der Waals surface area (Å²) in [5.41, 5.74) is 2.84. The van der Waals surface area contributed by atoms with Gasteiger partial charge in [0.25, 0.3) is 0 Å². The Balaban J connectivity index is 1.99. The van der Waals surface area contributed by atoms with Crippen molar-refractivity contribution in [2.75, 3.05) is 0 Å². The summed E-state index contributed by atoms with van der Waals surface area (Å²) in [6.45, 7) is 5.72. The predicted octanol–water partition coefficient (Wildman–Crippen LogP) is 4.17. The fourth-order valence-electron chi connectivity index (χ4n) is 2.32. The Morgan fingerprint density at radius 3 is 2.75 bits per heavy atom. The average Bonchev–Trinajstić information content (AvgIpc) is 2.99. The van der Waals surface area contributed by atoms with E-state index in [1.165, 1.54) is 35.9 Å². The Morgan fingerprint density at radius 2 is 2.06 bits per heavy atom. The highest BCUT2D eigenvalue weighted by atomic mass is 15.0. The molecular formula is C15H19N. The molecule has 0 atom stereocenters. The molecule has 1 saturated carbocycles. The third-order valence-corrected chi connectivity index (χ3v) is 3.61. The summed E-state index contributed by atoms with van der Waals surface area (Å²) in [6.07, 6.45) is 5.08. The van der Waals surface area contributed by atoms with Crippen molar-refractivity contribution in [3.05, 3.63) is 36.0 Å². The van der Waals surface area contributed by atoms with E-state index >= 15 is 0 Å². The molecule has 1 nitrogen and oxygen atoms in total. The first kappa shape index (κ1) is 9.95. The summed E-state index contributed by atoms with van der Waals surface area (Å²) < 4.78 is 2.41. The lowest BCUT2D eigenvalue weighted by atomic mass is 10.0. The molecule has 0 aliphatic heterocycles. The van der Waals surface area contributed by atoms with Crippen molar-refractivity contribution in [3.63, 3.8) is 0 Å². The van der Waals surface area contributed by atoms with Gasteiger partial charge in [0.2, 0.25) is 0 Å². The van der Waals surface area contributed by atoms with Crippen LogP contribution in [0.3, 0.4) is 0 Å². The van der Waals surface area contributed by atoms with E-state index in [4.69, 9.17) is 0 Å². The maximum atomic E-state index is 2.41. The molecule has 16 heavy (non-hydrogen) atoms.